The molecular formula is C10H10BrNO2. The van der Waals surface area contributed by atoms with Gasteiger partial charge in [0.25, 0.3) is 0 Å². The number of aromatic carboxylic acids is 1. The van der Waals surface area contributed by atoms with Crippen molar-refractivity contribution in [2.24, 2.45) is 5.73 Å². The number of benzene rings is 1. The molecule has 1 aromatic rings. The molecule has 0 unspecified atom stereocenters. The van der Waals surface area contributed by atoms with Crippen LogP contribution in [-0.4, -0.2) is 17.6 Å². The normalized spacial score (nSPS) is 10.7. The summed E-state index contributed by atoms with van der Waals surface area (Å²) in [5, 5.41) is 8.90. The van der Waals surface area contributed by atoms with Gasteiger partial charge in [-0.3, -0.25) is 0 Å². The lowest BCUT2D eigenvalue weighted by Crippen LogP contribution is -2.00. The van der Waals surface area contributed by atoms with E-state index >= 15 is 0 Å². The van der Waals surface area contributed by atoms with E-state index in [2.05, 4.69) is 15.9 Å². The number of rotatable bonds is 3. The van der Waals surface area contributed by atoms with Crippen molar-refractivity contribution in [3.63, 3.8) is 0 Å². The zero-order chi connectivity index (χ0) is 10.6. The summed E-state index contributed by atoms with van der Waals surface area (Å²) in [6, 6.07) is 5.10. The second-order valence-corrected chi connectivity index (χ2v) is 3.59. The van der Waals surface area contributed by atoms with Crippen molar-refractivity contribution in [1.29, 1.82) is 0 Å². The number of nitrogens with two attached hydrogens (primary N) is 1. The summed E-state index contributed by atoms with van der Waals surface area (Å²) in [6.07, 6.45) is 3.42. The summed E-state index contributed by atoms with van der Waals surface area (Å²) in [7, 11) is 0. The lowest BCUT2D eigenvalue weighted by atomic mass is 10.1. The highest BCUT2D eigenvalue weighted by Crippen LogP contribution is 2.17. The van der Waals surface area contributed by atoms with Crippen LogP contribution in [0.1, 0.15) is 15.9 Å². The van der Waals surface area contributed by atoms with E-state index in [0.29, 0.717) is 12.1 Å². The van der Waals surface area contributed by atoms with E-state index in [4.69, 9.17) is 10.8 Å². The number of hydrogen-bond acceptors (Lipinski definition) is 2. The fourth-order valence-electron chi connectivity index (χ4n) is 1.05. The fraction of sp³-hybridized carbons (Fsp3) is 0.100. The first-order valence-corrected chi connectivity index (χ1v) is 4.84. The molecule has 0 saturated heterocycles. The molecule has 1 rings (SSSR count). The Morgan fingerprint density at radius 3 is 2.86 bits per heavy atom. The Morgan fingerprint density at radius 2 is 2.29 bits per heavy atom. The molecule has 0 amide bonds. The Morgan fingerprint density at radius 1 is 1.57 bits per heavy atom. The molecule has 0 bridgehead atoms. The monoisotopic (exact) mass is 255 g/mol. The number of carboxylic acids is 1. The molecule has 0 radical (unpaired) electrons. The van der Waals surface area contributed by atoms with Crippen LogP contribution < -0.4 is 5.73 Å². The molecular weight excluding hydrogens is 246 g/mol. The van der Waals surface area contributed by atoms with Crippen LogP contribution in [0.25, 0.3) is 6.08 Å². The maximum Gasteiger partial charge on any atom is 0.336 e. The quantitative estimate of drug-likeness (QED) is 0.870. The van der Waals surface area contributed by atoms with Gasteiger partial charge in [0.05, 0.1) is 5.56 Å². The summed E-state index contributed by atoms with van der Waals surface area (Å²) in [6.45, 7) is 0.398. The van der Waals surface area contributed by atoms with E-state index in [1.165, 1.54) is 0 Å². The number of hydrogen-bond donors (Lipinski definition) is 2. The van der Waals surface area contributed by atoms with E-state index in [1.54, 1.807) is 30.4 Å². The average Bonchev–Trinajstić information content (AvgIpc) is 2.15. The van der Waals surface area contributed by atoms with Crippen LogP contribution in [0.15, 0.2) is 28.7 Å². The zero-order valence-electron chi connectivity index (χ0n) is 7.40. The Hall–Kier alpha value is -1.13. The number of carboxylic acid groups (broad SMARTS) is 1. The van der Waals surface area contributed by atoms with Gasteiger partial charge in [0.1, 0.15) is 0 Å². The van der Waals surface area contributed by atoms with Crippen LogP contribution in [-0.2, 0) is 0 Å². The van der Waals surface area contributed by atoms with Gasteiger partial charge >= 0.3 is 5.97 Å². The lowest BCUT2D eigenvalue weighted by molar-refractivity contribution is 0.0696. The zero-order valence-corrected chi connectivity index (χ0v) is 8.99. The maximum absolute atomic E-state index is 10.9. The molecule has 1 aromatic carbocycles. The summed E-state index contributed by atoms with van der Waals surface area (Å²) >= 11 is 3.22. The largest absolute Gasteiger partial charge is 0.478 e. The second kappa shape index (κ2) is 4.93. The predicted octanol–water partition coefficient (Wildman–Crippen LogP) is 2.12. The number of halogens is 1. The van der Waals surface area contributed by atoms with Gasteiger partial charge < -0.3 is 10.8 Å². The van der Waals surface area contributed by atoms with Crippen LogP contribution in [0, 0.1) is 0 Å². The van der Waals surface area contributed by atoms with Crippen LogP contribution in [0.3, 0.4) is 0 Å². The van der Waals surface area contributed by atoms with Crippen molar-refractivity contribution in [1.82, 2.24) is 0 Å². The van der Waals surface area contributed by atoms with Gasteiger partial charge in [-0.15, -0.1) is 0 Å². The van der Waals surface area contributed by atoms with Crippen molar-refractivity contribution in [2.75, 3.05) is 6.54 Å². The van der Waals surface area contributed by atoms with Gasteiger partial charge in [-0.1, -0.05) is 34.1 Å². The molecule has 0 aliphatic carbocycles. The highest BCUT2D eigenvalue weighted by Gasteiger charge is 2.07. The maximum atomic E-state index is 10.9. The van der Waals surface area contributed by atoms with E-state index in [0.717, 1.165) is 4.47 Å². The summed E-state index contributed by atoms with van der Waals surface area (Å²) in [5.41, 5.74) is 6.22. The summed E-state index contributed by atoms with van der Waals surface area (Å²) in [4.78, 5) is 10.9. The average molecular weight is 256 g/mol. The Balaban J connectivity index is 3.15. The predicted molar refractivity (Wildman–Crippen MR) is 59.2 cm³/mol. The first-order chi connectivity index (χ1) is 6.65. The Labute approximate surface area is 90.4 Å². The van der Waals surface area contributed by atoms with Gasteiger partial charge in [0.15, 0.2) is 0 Å². The van der Waals surface area contributed by atoms with E-state index < -0.39 is 5.97 Å². The molecule has 0 atom stereocenters. The fourth-order valence-corrected chi connectivity index (χ4v) is 1.42. The van der Waals surface area contributed by atoms with Crippen molar-refractivity contribution in [2.45, 2.75) is 0 Å². The van der Waals surface area contributed by atoms with Gasteiger partial charge in [-0.2, -0.15) is 0 Å². The highest BCUT2D eigenvalue weighted by molar-refractivity contribution is 9.10. The van der Waals surface area contributed by atoms with Gasteiger partial charge in [0.2, 0.25) is 0 Å². The van der Waals surface area contributed by atoms with E-state index in [9.17, 15) is 4.79 Å². The summed E-state index contributed by atoms with van der Waals surface area (Å²) < 4.78 is 0.750. The third-order valence-electron chi connectivity index (χ3n) is 1.68. The molecule has 14 heavy (non-hydrogen) atoms. The summed E-state index contributed by atoms with van der Waals surface area (Å²) in [5.74, 6) is -0.942. The molecule has 0 aliphatic rings. The van der Waals surface area contributed by atoms with Gasteiger partial charge in [-0.25, -0.2) is 4.79 Å². The number of carbonyl (C=O) groups is 1. The van der Waals surface area contributed by atoms with Gasteiger partial charge in [0, 0.05) is 11.0 Å². The molecule has 4 heteroatoms. The van der Waals surface area contributed by atoms with E-state index in [-0.39, 0.29) is 5.56 Å². The van der Waals surface area contributed by atoms with Crippen molar-refractivity contribution < 1.29 is 9.90 Å². The van der Waals surface area contributed by atoms with Crippen molar-refractivity contribution >= 4 is 28.0 Å². The first-order valence-electron chi connectivity index (χ1n) is 4.04. The standard InChI is InChI=1S/C10H10BrNO2/c11-8-4-3-7(2-1-5-12)9(6-8)10(13)14/h1-4,6H,5,12H2,(H,13,14). The third-order valence-corrected chi connectivity index (χ3v) is 2.17. The van der Waals surface area contributed by atoms with Crippen LogP contribution in [0.5, 0.6) is 0 Å². The SMILES string of the molecule is NCC=Cc1ccc(Br)cc1C(=O)O. The molecule has 0 spiro atoms. The Kier molecular flexibility index (Phi) is 3.85. The minimum atomic E-state index is -0.942. The first kappa shape index (κ1) is 10.9. The molecule has 0 saturated carbocycles. The Bertz CT molecular complexity index is 374. The third kappa shape index (κ3) is 2.68. The van der Waals surface area contributed by atoms with E-state index in [1.807, 2.05) is 0 Å². The topological polar surface area (TPSA) is 63.3 Å². The van der Waals surface area contributed by atoms with Crippen LogP contribution >= 0.6 is 15.9 Å². The molecule has 0 fully saturated rings. The minimum Gasteiger partial charge on any atom is -0.478 e. The highest BCUT2D eigenvalue weighted by atomic mass is 79.9. The lowest BCUT2D eigenvalue weighted by Gasteiger charge is -2.01. The van der Waals surface area contributed by atoms with Crippen molar-refractivity contribution in [3.8, 4) is 0 Å². The second-order valence-electron chi connectivity index (χ2n) is 2.67. The molecule has 0 aliphatic heterocycles. The molecule has 0 aromatic heterocycles. The smallest absolute Gasteiger partial charge is 0.336 e. The molecule has 74 valence electrons. The van der Waals surface area contributed by atoms with Gasteiger partial charge in [-0.05, 0) is 17.7 Å². The molecule has 3 N–H and O–H groups in total. The van der Waals surface area contributed by atoms with Crippen LogP contribution in [0.4, 0.5) is 0 Å². The van der Waals surface area contributed by atoms with Crippen molar-refractivity contribution in [3.05, 3.63) is 39.9 Å². The molecule has 3 nitrogen and oxygen atoms in total. The van der Waals surface area contributed by atoms with Crippen LogP contribution in [0.2, 0.25) is 0 Å². The minimum absolute atomic E-state index is 0.268. The molecule has 0 heterocycles.